The molecule has 0 saturated carbocycles. The van der Waals surface area contributed by atoms with E-state index in [0.29, 0.717) is 10.6 Å². The minimum Gasteiger partial charge on any atom is -0.207 e. The molecule has 0 aliphatic carbocycles. The Balaban J connectivity index is 3.43. The van der Waals surface area contributed by atoms with Gasteiger partial charge in [-0.25, -0.2) is 4.39 Å². The van der Waals surface area contributed by atoms with Gasteiger partial charge in [-0.2, -0.15) is 0 Å². The fourth-order valence-corrected chi connectivity index (χ4v) is 2.06. The van der Waals surface area contributed by atoms with Crippen molar-refractivity contribution in [3.05, 3.63) is 34.1 Å². The van der Waals surface area contributed by atoms with Crippen LogP contribution in [0.4, 0.5) is 4.39 Å². The zero-order chi connectivity index (χ0) is 10.2. The molecule has 0 fully saturated rings. The number of halogens is 2. The molecule has 0 bridgehead atoms. The lowest BCUT2D eigenvalue weighted by atomic mass is 9.84. The van der Waals surface area contributed by atoms with Gasteiger partial charge >= 0.3 is 0 Å². The first-order valence-electron chi connectivity index (χ1n) is 4.29. The molecule has 0 N–H and O–H groups in total. The van der Waals surface area contributed by atoms with Gasteiger partial charge in [0.1, 0.15) is 5.82 Å². The SMILES string of the molecule is Cc1c(F)ccc(Cl)c1C(C)(C)C. The standard InChI is InChI=1S/C11H14ClF/c1-7-9(13)6-5-8(12)10(7)11(2,3)4/h5-6H,1-4H3. The van der Waals surface area contributed by atoms with Crippen molar-refractivity contribution >= 4 is 11.6 Å². The van der Waals surface area contributed by atoms with Crippen LogP contribution in [-0.4, -0.2) is 0 Å². The van der Waals surface area contributed by atoms with E-state index >= 15 is 0 Å². The highest BCUT2D eigenvalue weighted by atomic mass is 35.5. The van der Waals surface area contributed by atoms with Gasteiger partial charge in [0.15, 0.2) is 0 Å². The van der Waals surface area contributed by atoms with Crippen molar-refractivity contribution in [1.29, 1.82) is 0 Å². The molecule has 0 aliphatic heterocycles. The zero-order valence-electron chi connectivity index (χ0n) is 8.41. The second-order valence-corrected chi connectivity index (χ2v) is 4.69. The van der Waals surface area contributed by atoms with Gasteiger partial charge in [-0.1, -0.05) is 32.4 Å². The molecule has 0 nitrogen and oxygen atoms in total. The molecule has 0 spiro atoms. The van der Waals surface area contributed by atoms with E-state index in [1.807, 2.05) is 20.8 Å². The molecule has 13 heavy (non-hydrogen) atoms. The van der Waals surface area contributed by atoms with E-state index in [4.69, 9.17) is 11.6 Å². The van der Waals surface area contributed by atoms with Crippen molar-refractivity contribution in [2.45, 2.75) is 33.1 Å². The van der Waals surface area contributed by atoms with Crippen LogP contribution in [0.25, 0.3) is 0 Å². The van der Waals surface area contributed by atoms with Gasteiger partial charge in [0.2, 0.25) is 0 Å². The van der Waals surface area contributed by atoms with E-state index in [1.54, 1.807) is 13.0 Å². The van der Waals surface area contributed by atoms with Crippen LogP contribution in [0.2, 0.25) is 5.02 Å². The Morgan fingerprint density at radius 3 is 2.15 bits per heavy atom. The van der Waals surface area contributed by atoms with Crippen molar-refractivity contribution < 1.29 is 4.39 Å². The quantitative estimate of drug-likeness (QED) is 0.592. The van der Waals surface area contributed by atoms with Crippen molar-refractivity contribution in [3.63, 3.8) is 0 Å². The van der Waals surface area contributed by atoms with Crippen LogP contribution < -0.4 is 0 Å². The summed E-state index contributed by atoms with van der Waals surface area (Å²) in [5.74, 6) is -0.186. The van der Waals surface area contributed by atoms with Crippen LogP contribution >= 0.6 is 11.6 Å². The Morgan fingerprint density at radius 1 is 1.23 bits per heavy atom. The Bertz CT molecular complexity index is 324. The van der Waals surface area contributed by atoms with Crippen LogP contribution in [0.1, 0.15) is 31.9 Å². The average molecular weight is 201 g/mol. The monoisotopic (exact) mass is 200 g/mol. The third-order valence-electron chi connectivity index (χ3n) is 2.10. The third kappa shape index (κ3) is 2.02. The van der Waals surface area contributed by atoms with Gasteiger partial charge in [-0.15, -0.1) is 0 Å². The minimum atomic E-state index is -0.186. The zero-order valence-corrected chi connectivity index (χ0v) is 9.17. The second kappa shape index (κ2) is 3.30. The summed E-state index contributed by atoms with van der Waals surface area (Å²) in [5.41, 5.74) is 1.44. The van der Waals surface area contributed by atoms with Crippen molar-refractivity contribution in [2.24, 2.45) is 0 Å². The smallest absolute Gasteiger partial charge is 0.126 e. The van der Waals surface area contributed by atoms with Crippen LogP contribution in [-0.2, 0) is 5.41 Å². The molecule has 0 radical (unpaired) electrons. The lowest BCUT2D eigenvalue weighted by Crippen LogP contribution is -2.14. The number of hydrogen-bond acceptors (Lipinski definition) is 0. The number of benzene rings is 1. The fourth-order valence-electron chi connectivity index (χ4n) is 1.57. The molecule has 1 aromatic carbocycles. The summed E-state index contributed by atoms with van der Waals surface area (Å²) in [7, 11) is 0. The molecule has 2 heteroatoms. The van der Waals surface area contributed by atoms with E-state index in [9.17, 15) is 4.39 Å². The highest BCUT2D eigenvalue weighted by molar-refractivity contribution is 6.31. The van der Waals surface area contributed by atoms with E-state index < -0.39 is 0 Å². The highest BCUT2D eigenvalue weighted by Gasteiger charge is 2.21. The molecule has 0 saturated heterocycles. The van der Waals surface area contributed by atoms with Gasteiger partial charge in [0, 0.05) is 5.02 Å². The molecule has 0 heterocycles. The maximum Gasteiger partial charge on any atom is 0.126 e. The number of rotatable bonds is 0. The van der Waals surface area contributed by atoms with Crippen LogP contribution in [0, 0.1) is 12.7 Å². The summed E-state index contributed by atoms with van der Waals surface area (Å²) in [6.45, 7) is 7.85. The maximum absolute atomic E-state index is 13.2. The molecule has 1 aromatic rings. The summed E-state index contributed by atoms with van der Waals surface area (Å²) >= 11 is 6.02. The molecule has 0 atom stereocenters. The fraction of sp³-hybridized carbons (Fsp3) is 0.455. The van der Waals surface area contributed by atoms with Crippen LogP contribution in [0.5, 0.6) is 0 Å². The first-order chi connectivity index (χ1) is 5.84. The molecular formula is C11H14ClF. The van der Waals surface area contributed by atoms with Gasteiger partial charge in [-0.05, 0) is 35.6 Å². The topological polar surface area (TPSA) is 0 Å². The molecule has 1 rings (SSSR count). The summed E-state index contributed by atoms with van der Waals surface area (Å²) in [6.07, 6.45) is 0. The van der Waals surface area contributed by atoms with E-state index in [0.717, 1.165) is 5.56 Å². The van der Waals surface area contributed by atoms with Crippen LogP contribution in [0.3, 0.4) is 0 Å². The van der Waals surface area contributed by atoms with Crippen LogP contribution in [0.15, 0.2) is 12.1 Å². The largest absolute Gasteiger partial charge is 0.207 e. The summed E-state index contributed by atoms with van der Waals surface area (Å²) in [5, 5.41) is 0.645. The minimum absolute atomic E-state index is 0.108. The molecule has 0 unspecified atom stereocenters. The first-order valence-corrected chi connectivity index (χ1v) is 4.67. The Morgan fingerprint density at radius 2 is 1.77 bits per heavy atom. The maximum atomic E-state index is 13.2. The second-order valence-electron chi connectivity index (χ2n) is 4.28. The van der Waals surface area contributed by atoms with Crippen molar-refractivity contribution in [2.75, 3.05) is 0 Å². The van der Waals surface area contributed by atoms with E-state index in [-0.39, 0.29) is 11.2 Å². The predicted octanol–water partition coefficient (Wildman–Crippen LogP) is 4.09. The summed E-state index contributed by atoms with van der Waals surface area (Å²) in [6, 6.07) is 3.03. The first kappa shape index (κ1) is 10.5. The molecule has 0 amide bonds. The molecular weight excluding hydrogens is 187 g/mol. The summed E-state index contributed by atoms with van der Waals surface area (Å²) < 4.78 is 13.2. The Hall–Kier alpha value is -0.560. The Kier molecular flexibility index (Phi) is 2.67. The van der Waals surface area contributed by atoms with Gasteiger partial charge in [0.25, 0.3) is 0 Å². The normalized spacial score (nSPS) is 11.8. The Labute approximate surface area is 83.7 Å². The predicted molar refractivity (Wildman–Crippen MR) is 54.8 cm³/mol. The van der Waals surface area contributed by atoms with E-state index in [2.05, 4.69) is 0 Å². The lowest BCUT2D eigenvalue weighted by molar-refractivity contribution is 0.563. The molecule has 72 valence electrons. The van der Waals surface area contributed by atoms with Crippen molar-refractivity contribution in [3.8, 4) is 0 Å². The van der Waals surface area contributed by atoms with Gasteiger partial charge < -0.3 is 0 Å². The van der Waals surface area contributed by atoms with Gasteiger partial charge in [-0.3, -0.25) is 0 Å². The van der Waals surface area contributed by atoms with Gasteiger partial charge in [0.05, 0.1) is 0 Å². The molecule has 0 aromatic heterocycles. The molecule has 0 aliphatic rings. The summed E-state index contributed by atoms with van der Waals surface area (Å²) in [4.78, 5) is 0. The average Bonchev–Trinajstić information content (AvgIpc) is 1.95. The number of hydrogen-bond donors (Lipinski definition) is 0. The highest BCUT2D eigenvalue weighted by Crippen LogP contribution is 2.33. The van der Waals surface area contributed by atoms with E-state index in [1.165, 1.54) is 6.07 Å². The van der Waals surface area contributed by atoms with Crippen molar-refractivity contribution in [1.82, 2.24) is 0 Å². The third-order valence-corrected chi connectivity index (χ3v) is 2.41. The lowest BCUT2D eigenvalue weighted by Gasteiger charge is -2.23.